The van der Waals surface area contributed by atoms with E-state index in [2.05, 4.69) is 130 Å². The van der Waals surface area contributed by atoms with Gasteiger partial charge in [-0.25, -0.2) is 0 Å². The zero-order valence-corrected chi connectivity index (χ0v) is 16.9. The van der Waals surface area contributed by atoms with Crippen LogP contribution in [0.2, 0.25) is 0 Å². The predicted octanol–water partition coefficient (Wildman–Crippen LogP) is 5.56. The van der Waals surface area contributed by atoms with Gasteiger partial charge in [0, 0.05) is 0 Å². The normalized spacial score (nSPS) is 11.8. The second-order valence-corrected chi connectivity index (χ2v) is 12.5. The summed E-state index contributed by atoms with van der Waals surface area (Å²) >= 11 is 3.55. The second kappa shape index (κ2) is 7.60. The van der Waals surface area contributed by atoms with Gasteiger partial charge < -0.3 is 0 Å². The van der Waals surface area contributed by atoms with Crippen LogP contribution in [0.1, 0.15) is 5.56 Å². The van der Waals surface area contributed by atoms with Crippen LogP contribution in [0.25, 0.3) is 16.8 Å². The Morgan fingerprint density at radius 2 is 1.12 bits per heavy atom. The molecule has 126 valence electrons. The summed E-state index contributed by atoms with van der Waals surface area (Å²) in [4.78, 5) is 0. The van der Waals surface area contributed by atoms with Crippen LogP contribution < -0.4 is 10.6 Å². The van der Waals surface area contributed by atoms with Crippen molar-refractivity contribution in [2.45, 2.75) is 0 Å². The molecule has 0 fully saturated rings. The third kappa shape index (κ3) is 3.53. The summed E-state index contributed by atoms with van der Waals surface area (Å²) in [6.45, 7) is 0. The SMILES string of the molecule is [Se]=P(/C=C/c1ccc2ccccc2c1)(c1ccccc1)c1ccccc1. The number of benzene rings is 4. The summed E-state index contributed by atoms with van der Waals surface area (Å²) in [6.07, 6.45) is 2.26. The molecule has 26 heavy (non-hydrogen) atoms. The van der Waals surface area contributed by atoms with Crippen LogP contribution in [0.3, 0.4) is 0 Å². The van der Waals surface area contributed by atoms with Crippen molar-refractivity contribution in [3.63, 3.8) is 0 Å². The number of rotatable bonds is 4. The average molecular weight is 417 g/mol. The Morgan fingerprint density at radius 3 is 1.73 bits per heavy atom. The Kier molecular flexibility index (Phi) is 5.04. The van der Waals surface area contributed by atoms with E-state index >= 15 is 0 Å². The molecule has 4 rings (SSSR count). The third-order valence-corrected chi connectivity index (χ3v) is 10.6. The fourth-order valence-corrected chi connectivity index (χ4v) is 7.29. The Balaban J connectivity index is 1.79. The molecule has 0 unspecified atom stereocenters. The van der Waals surface area contributed by atoms with Crippen LogP contribution in [0.15, 0.2) is 109 Å². The van der Waals surface area contributed by atoms with Crippen LogP contribution in [-0.2, 0) is 0 Å². The van der Waals surface area contributed by atoms with Crippen molar-refractivity contribution in [3.8, 4) is 0 Å². The molecule has 0 aliphatic rings. The van der Waals surface area contributed by atoms with Gasteiger partial charge in [0.05, 0.1) is 0 Å². The second-order valence-electron chi connectivity index (χ2n) is 6.25. The fraction of sp³-hybridized carbons (Fsp3) is 0. The van der Waals surface area contributed by atoms with Crippen LogP contribution >= 0.6 is 5.51 Å². The number of hydrogen-bond acceptors (Lipinski definition) is 0. The molecule has 0 aliphatic carbocycles. The van der Waals surface area contributed by atoms with E-state index in [1.807, 2.05) is 0 Å². The van der Waals surface area contributed by atoms with Crippen molar-refractivity contribution >= 4 is 48.1 Å². The van der Waals surface area contributed by atoms with Crippen molar-refractivity contribution in [3.05, 3.63) is 115 Å². The maximum atomic E-state index is 3.55. The third-order valence-electron chi connectivity index (χ3n) is 4.53. The molecule has 0 saturated heterocycles. The molecule has 0 bridgehead atoms. The molecule has 0 aliphatic heterocycles. The van der Waals surface area contributed by atoms with Crippen molar-refractivity contribution in [2.75, 3.05) is 0 Å². The quantitative estimate of drug-likeness (QED) is 0.301. The molecule has 0 saturated carbocycles. The van der Waals surface area contributed by atoms with Gasteiger partial charge in [0.1, 0.15) is 0 Å². The Labute approximate surface area is 162 Å². The molecular formula is C24H19PSe. The Morgan fingerprint density at radius 1 is 0.577 bits per heavy atom. The molecule has 2 heteroatoms. The fourth-order valence-electron chi connectivity index (χ4n) is 3.12. The zero-order valence-electron chi connectivity index (χ0n) is 14.3. The van der Waals surface area contributed by atoms with Crippen LogP contribution in [0.5, 0.6) is 0 Å². The topological polar surface area (TPSA) is 0 Å². The standard InChI is InChI=1S/C24H19PSe/c26-25(23-11-3-1-4-12-23,24-13-5-2-6-14-24)18-17-20-15-16-21-9-7-8-10-22(21)19-20/h1-19H/b18-17+. The van der Waals surface area contributed by atoms with Gasteiger partial charge in [0.15, 0.2) is 0 Å². The van der Waals surface area contributed by atoms with E-state index in [4.69, 9.17) is 0 Å². The van der Waals surface area contributed by atoms with Gasteiger partial charge in [0.2, 0.25) is 0 Å². The van der Waals surface area contributed by atoms with Gasteiger partial charge in [0.25, 0.3) is 0 Å². The maximum absolute atomic E-state index is 3.55. The Bertz CT molecular complexity index is 1060. The van der Waals surface area contributed by atoms with Gasteiger partial charge in [-0.2, -0.15) is 0 Å². The van der Waals surface area contributed by atoms with E-state index in [0.717, 1.165) is 0 Å². The molecule has 0 spiro atoms. The summed E-state index contributed by atoms with van der Waals surface area (Å²) in [5, 5.41) is 5.25. The van der Waals surface area contributed by atoms with Gasteiger partial charge >= 0.3 is 163 Å². The van der Waals surface area contributed by atoms with Crippen molar-refractivity contribution in [1.29, 1.82) is 0 Å². The first-order chi connectivity index (χ1) is 12.8. The van der Waals surface area contributed by atoms with Crippen LogP contribution in [0.4, 0.5) is 0 Å². The molecule has 4 aromatic rings. The first-order valence-corrected chi connectivity index (χ1v) is 12.7. The van der Waals surface area contributed by atoms with Gasteiger partial charge in [-0.3, -0.25) is 0 Å². The summed E-state index contributed by atoms with van der Waals surface area (Å²) in [5.74, 6) is 2.38. The van der Waals surface area contributed by atoms with Crippen molar-refractivity contribution in [2.24, 2.45) is 0 Å². The minimum atomic E-state index is -1.71. The zero-order chi connectivity index (χ0) is 17.8. The summed E-state index contributed by atoms with van der Waals surface area (Å²) in [7, 11) is 0. The van der Waals surface area contributed by atoms with Gasteiger partial charge in [-0.15, -0.1) is 0 Å². The average Bonchev–Trinajstić information content (AvgIpc) is 2.73. The Hall–Kier alpha value is -2.17. The summed E-state index contributed by atoms with van der Waals surface area (Å²) in [5.41, 5.74) is -0.474. The molecule has 0 atom stereocenters. The van der Waals surface area contributed by atoms with E-state index in [1.54, 1.807) is 0 Å². The molecule has 0 N–H and O–H groups in total. The first-order valence-electron chi connectivity index (χ1n) is 8.65. The van der Waals surface area contributed by atoms with E-state index < -0.39 is 5.51 Å². The van der Waals surface area contributed by atoms with Crippen molar-refractivity contribution in [1.82, 2.24) is 0 Å². The molecule has 0 amide bonds. The molecule has 4 aromatic carbocycles. The van der Waals surface area contributed by atoms with Gasteiger partial charge in [-0.05, 0) is 0 Å². The molecule has 0 radical (unpaired) electrons. The van der Waals surface area contributed by atoms with E-state index in [1.165, 1.54) is 26.9 Å². The molecule has 0 nitrogen and oxygen atoms in total. The predicted molar refractivity (Wildman–Crippen MR) is 118 cm³/mol. The van der Waals surface area contributed by atoms with E-state index in [0.29, 0.717) is 0 Å². The molecule has 0 aromatic heterocycles. The first kappa shape index (κ1) is 17.3. The molecular weight excluding hydrogens is 398 g/mol. The summed E-state index contributed by atoms with van der Waals surface area (Å²) < 4.78 is 0. The monoisotopic (exact) mass is 418 g/mol. The molecule has 0 heterocycles. The van der Waals surface area contributed by atoms with Crippen LogP contribution in [0, 0.1) is 0 Å². The van der Waals surface area contributed by atoms with Crippen LogP contribution in [-0.4, -0.2) is 15.1 Å². The van der Waals surface area contributed by atoms with Gasteiger partial charge in [-0.1, -0.05) is 0 Å². The summed E-state index contributed by atoms with van der Waals surface area (Å²) in [6, 6.07) is 36.7. The van der Waals surface area contributed by atoms with Crippen molar-refractivity contribution < 1.29 is 0 Å². The van der Waals surface area contributed by atoms with E-state index in [-0.39, 0.29) is 0 Å². The number of hydrogen-bond donors (Lipinski definition) is 0. The van der Waals surface area contributed by atoms with E-state index in [9.17, 15) is 0 Å². The minimum absolute atomic E-state index is 1.23. The number of fused-ring (bicyclic) bond motifs is 1.